The van der Waals surface area contributed by atoms with E-state index in [1.165, 1.54) is 17.5 Å². The summed E-state index contributed by atoms with van der Waals surface area (Å²) in [5, 5.41) is 16.0. The Morgan fingerprint density at radius 1 is 1.07 bits per heavy atom. The monoisotopic (exact) mass is 388 g/mol. The van der Waals surface area contributed by atoms with Crippen molar-refractivity contribution in [1.29, 1.82) is 5.26 Å². The van der Waals surface area contributed by atoms with Gasteiger partial charge in [-0.3, -0.25) is 4.79 Å². The number of thiazole rings is 1. The molecule has 0 saturated heterocycles. The molecule has 0 fully saturated rings. The second kappa shape index (κ2) is 8.98. The fraction of sp³-hybridized carbons (Fsp3) is 0.136. The van der Waals surface area contributed by atoms with Crippen LogP contribution in [0.1, 0.15) is 27.7 Å². The molecule has 3 rings (SSSR count). The smallest absolute Gasteiger partial charge is 0.264 e. The van der Waals surface area contributed by atoms with Gasteiger partial charge in [0.1, 0.15) is 11.6 Å². The van der Waals surface area contributed by atoms with Crippen molar-refractivity contribution >= 4 is 22.4 Å². The highest BCUT2D eigenvalue weighted by Crippen LogP contribution is 2.23. The summed E-state index contributed by atoms with van der Waals surface area (Å²) in [6, 6.07) is 21.0. The van der Waals surface area contributed by atoms with Crippen LogP contribution in [0.15, 0.2) is 72.4 Å². The Morgan fingerprint density at radius 3 is 2.11 bits per heavy atom. The zero-order valence-corrected chi connectivity index (χ0v) is 16.5. The molecule has 0 aliphatic carbocycles. The van der Waals surface area contributed by atoms with E-state index in [4.69, 9.17) is 0 Å². The van der Waals surface area contributed by atoms with Crippen molar-refractivity contribution in [3.05, 3.63) is 94.1 Å². The molecule has 5 nitrogen and oxygen atoms in total. The normalized spacial score (nSPS) is 11.1. The molecule has 0 aliphatic heterocycles. The van der Waals surface area contributed by atoms with Crippen molar-refractivity contribution in [3.63, 3.8) is 0 Å². The number of benzene rings is 2. The minimum absolute atomic E-state index is 0.0117. The number of nitrogens with zero attached hydrogens (tertiary/aromatic N) is 2. The van der Waals surface area contributed by atoms with Gasteiger partial charge in [0.15, 0.2) is 5.13 Å². The topological polar surface area (TPSA) is 77.8 Å². The molecule has 0 radical (unpaired) electrons. The highest BCUT2D eigenvalue weighted by molar-refractivity contribution is 7.15. The average Bonchev–Trinajstić information content (AvgIpc) is 3.05. The van der Waals surface area contributed by atoms with E-state index in [2.05, 4.69) is 15.6 Å². The standard InChI is InChI=1S/C22H20N4OS/c1-15-16(2)28-22(25-15)24-14-19(13-23)21(27)26-20(17-9-5-3-6-10-17)18-11-7-4-8-12-18/h3-12,14,20H,1-2H3,(H,24,25)(H,26,27)/b19-14-. The minimum Gasteiger partial charge on any atom is -0.340 e. The van der Waals surface area contributed by atoms with Crippen LogP contribution in [0.25, 0.3) is 0 Å². The molecule has 1 amide bonds. The number of carbonyl (C=O) groups excluding carboxylic acids is 1. The first-order valence-electron chi connectivity index (χ1n) is 8.80. The van der Waals surface area contributed by atoms with Crippen LogP contribution in [0.3, 0.4) is 0 Å². The van der Waals surface area contributed by atoms with E-state index in [9.17, 15) is 10.1 Å². The number of aromatic nitrogens is 1. The molecule has 0 aliphatic rings. The van der Waals surface area contributed by atoms with Gasteiger partial charge in [0.05, 0.1) is 11.7 Å². The van der Waals surface area contributed by atoms with E-state index in [0.717, 1.165) is 21.7 Å². The maximum absolute atomic E-state index is 12.8. The number of carbonyl (C=O) groups is 1. The Balaban J connectivity index is 1.82. The van der Waals surface area contributed by atoms with Gasteiger partial charge in [-0.15, -0.1) is 11.3 Å². The average molecular weight is 388 g/mol. The zero-order chi connectivity index (χ0) is 19.9. The maximum atomic E-state index is 12.8. The number of nitrogens with one attached hydrogen (secondary N) is 2. The van der Waals surface area contributed by atoms with Gasteiger partial charge in [0.2, 0.25) is 0 Å². The number of hydrogen-bond donors (Lipinski definition) is 2. The molecule has 2 N–H and O–H groups in total. The van der Waals surface area contributed by atoms with Gasteiger partial charge < -0.3 is 10.6 Å². The fourth-order valence-corrected chi connectivity index (χ4v) is 3.46. The lowest BCUT2D eigenvalue weighted by atomic mass is 9.98. The van der Waals surface area contributed by atoms with Gasteiger partial charge in [0, 0.05) is 11.1 Å². The van der Waals surface area contributed by atoms with Crippen LogP contribution in [-0.4, -0.2) is 10.9 Å². The van der Waals surface area contributed by atoms with Crippen LogP contribution < -0.4 is 10.6 Å². The summed E-state index contributed by atoms with van der Waals surface area (Å²) >= 11 is 1.48. The van der Waals surface area contributed by atoms with Crippen molar-refractivity contribution in [2.24, 2.45) is 0 Å². The number of hydrogen-bond acceptors (Lipinski definition) is 5. The van der Waals surface area contributed by atoms with E-state index < -0.39 is 5.91 Å². The first kappa shape index (κ1) is 19.3. The molecule has 0 bridgehead atoms. The van der Waals surface area contributed by atoms with E-state index in [1.807, 2.05) is 80.6 Å². The molecule has 6 heteroatoms. The minimum atomic E-state index is -0.447. The highest BCUT2D eigenvalue weighted by Gasteiger charge is 2.19. The second-order valence-corrected chi connectivity index (χ2v) is 7.41. The second-order valence-electron chi connectivity index (χ2n) is 6.20. The third-order valence-electron chi connectivity index (χ3n) is 4.27. The zero-order valence-electron chi connectivity index (χ0n) is 15.6. The lowest BCUT2D eigenvalue weighted by Gasteiger charge is -2.19. The number of rotatable bonds is 6. The molecule has 2 aromatic carbocycles. The van der Waals surface area contributed by atoms with Gasteiger partial charge in [-0.05, 0) is 25.0 Å². The number of amides is 1. The predicted molar refractivity (Wildman–Crippen MR) is 112 cm³/mol. The Bertz CT molecular complexity index is 961. The van der Waals surface area contributed by atoms with Crippen molar-refractivity contribution in [2.45, 2.75) is 19.9 Å². The van der Waals surface area contributed by atoms with Gasteiger partial charge in [-0.2, -0.15) is 5.26 Å². The summed E-state index contributed by atoms with van der Waals surface area (Å²) < 4.78 is 0. The molecule has 1 aromatic heterocycles. The quantitative estimate of drug-likeness (QED) is 0.482. The molecule has 3 aromatic rings. The number of aryl methyl sites for hydroxylation is 2. The Hall–Kier alpha value is -3.43. The van der Waals surface area contributed by atoms with Crippen LogP contribution >= 0.6 is 11.3 Å². The molecule has 0 spiro atoms. The highest BCUT2D eigenvalue weighted by atomic mass is 32.1. The van der Waals surface area contributed by atoms with E-state index in [-0.39, 0.29) is 11.6 Å². The van der Waals surface area contributed by atoms with Crippen LogP contribution in [0, 0.1) is 25.2 Å². The predicted octanol–water partition coefficient (Wildman–Crippen LogP) is 4.49. The number of anilines is 1. The molecule has 0 saturated carbocycles. The lowest BCUT2D eigenvalue weighted by Crippen LogP contribution is -2.30. The van der Waals surface area contributed by atoms with Crippen LogP contribution in [0.5, 0.6) is 0 Å². The molecular formula is C22H20N4OS. The van der Waals surface area contributed by atoms with Crippen molar-refractivity contribution in [2.75, 3.05) is 5.32 Å². The van der Waals surface area contributed by atoms with Gasteiger partial charge >= 0.3 is 0 Å². The van der Waals surface area contributed by atoms with Crippen LogP contribution in [-0.2, 0) is 4.79 Å². The number of nitriles is 1. The van der Waals surface area contributed by atoms with E-state index in [1.54, 1.807) is 0 Å². The van der Waals surface area contributed by atoms with Crippen LogP contribution in [0.4, 0.5) is 5.13 Å². The Kier molecular flexibility index (Phi) is 6.20. The first-order chi connectivity index (χ1) is 13.6. The summed E-state index contributed by atoms with van der Waals surface area (Å²) in [7, 11) is 0. The van der Waals surface area contributed by atoms with Crippen molar-refractivity contribution in [3.8, 4) is 6.07 Å². The molecule has 140 valence electrons. The molecule has 28 heavy (non-hydrogen) atoms. The van der Waals surface area contributed by atoms with E-state index >= 15 is 0 Å². The van der Waals surface area contributed by atoms with Gasteiger partial charge in [-0.1, -0.05) is 60.7 Å². The lowest BCUT2D eigenvalue weighted by molar-refractivity contribution is -0.117. The molecule has 1 heterocycles. The SMILES string of the molecule is Cc1nc(N/C=C(/C#N)C(=O)NC(c2ccccc2)c2ccccc2)sc1C. The van der Waals surface area contributed by atoms with Gasteiger partial charge in [0.25, 0.3) is 5.91 Å². The summed E-state index contributed by atoms with van der Waals surface area (Å²) in [6.45, 7) is 3.90. The molecular weight excluding hydrogens is 368 g/mol. The Morgan fingerprint density at radius 2 is 1.64 bits per heavy atom. The Labute approximate surface area is 168 Å². The summed E-state index contributed by atoms with van der Waals surface area (Å²) in [5.74, 6) is -0.447. The van der Waals surface area contributed by atoms with Gasteiger partial charge in [-0.25, -0.2) is 4.98 Å². The van der Waals surface area contributed by atoms with Crippen molar-refractivity contribution < 1.29 is 4.79 Å². The molecule has 0 atom stereocenters. The maximum Gasteiger partial charge on any atom is 0.264 e. The third kappa shape index (κ3) is 4.64. The summed E-state index contributed by atoms with van der Waals surface area (Å²) in [4.78, 5) is 18.2. The van der Waals surface area contributed by atoms with Crippen LogP contribution in [0.2, 0.25) is 0 Å². The van der Waals surface area contributed by atoms with Crippen molar-refractivity contribution in [1.82, 2.24) is 10.3 Å². The fourth-order valence-electron chi connectivity index (χ4n) is 2.68. The summed E-state index contributed by atoms with van der Waals surface area (Å²) in [5.41, 5.74) is 2.80. The first-order valence-corrected chi connectivity index (χ1v) is 9.61. The largest absolute Gasteiger partial charge is 0.340 e. The summed E-state index contributed by atoms with van der Waals surface area (Å²) in [6.07, 6.45) is 1.40. The third-order valence-corrected chi connectivity index (χ3v) is 5.28. The van der Waals surface area contributed by atoms with E-state index in [0.29, 0.717) is 5.13 Å². The molecule has 0 unspecified atom stereocenters.